The first-order valence-electron chi connectivity index (χ1n) is 9.95. The molecule has 0 radical (unpaired) electrons. The van der Waals surface area contributed by atoms with Gasteiger partial charge in [0.1, 0.15) is 30.0 Å². The number of anilines is 2. The first-order valence-corrected chi connectivity index (χ1v) is 10.3. The molecule has 0 saturated heterocycles. The first kappa shape index (κ1) is 21.1. The number of benzene rings is 2. The molecule has 2 aromatic heterocycles. The molecule has 0 aliphatic heterocycles. The van der Waals surface area contributed by atoms with E-state index >= 15 is 0 Å². The van der Waals surface area contributed by atoms with Gasteiger partial charge in [-0.25, -0.2) is 14.4 Å². The molecular formula is C23H22ClFN4O2. The Balaban J connectivity index is 1.50. The number of aromatic nitrogens is 3. The van der Waals surface area contributed by atoms with E-state index in [9.17, 15) is 4.39 Å². The highest BCUT2D eigenvalue weighted by Crippen LogP contribution is 2.31. The maximum absolute atomic E-state index is 13.3. The summed E-state index contributed by atoms with van der Waals surface area (Å²) in [7, 11) is 0. The molecule has 8 heteroatoms. The van der Waals surface area contributed by atoms with E-state index in [1.165, 1.54) is 18.5 Å². The second-order valence-corrected chi connectivity index (χ2v) is 7.26. The predicted molar refractivity (Wildman–Crippen MR) is 119 cm³/mol. The van der Waals surface area contributed by atoms with E-state index in [1.807, 2.05) is 25.3 Å². The minimum atomic E-state index is -0.297. The summed E-state index contributed by atoms with van der Waals surface area (Å²) in [5.41, 5.74) is 3.23. The molecule has 0 bridgehead atoms. The van der Waals surface area contributed by atoms with Gasteiger partial charge in [-0.2, -0.15) is 0 Å². The molecule has 2 aromatic carbocycles. The van der Waals surface area contributed by atoms with Gasteiger partial charge in [-0.15, -0.1) is 0 Å². The zero-order valence-corrected chi connectivity index (χ0v) is 17.8. The van der Waals surface area contributed by atoms with E-state index in [1.54, 1.807) is 24.3 Å². The zero-order valence-electron chi connectivity index (χ0n) is 17.0. The van der Waals surface area contributed by atoms with Crippen LogP contribution in [0, 0.1) is 5.82 Å². The third kappa shape index (κ3) is 5.13. The number of nitrogens with one attached hydrogen (secondary N) is 1. The Labute approximate surface area is 184 Å². The van der Waals surface area contributed by atoms with Gasteiger partial charge in [0.15, 0.2) is 5.82 Å². The van der Waals surface area contributed by atoms with Crippen molar-refractivity contribution in [2.75, 3.05) is 18.5 Å². The molecule has 0 aliphatic carbocycles. The Morgan fingerprint density at radius 3 is 2.84 bits per heavy atom. The maximum Gasteiger partial charge on any atom is 0.158 e. The summed E-state index contributed by atoms with van der Waals surface area (Å²) in [4.78, 5) is 8.74. The fraction of sp³-hybridized carbons (Fsp3) is 0.217. The van der Waals surface area contributed by atoms with Gasteiger partial charge in [-0.05, 0) is 48.9 Å². The molecule has 0 fully saturated rings. The summed E-state index contributed by atoms with van der Waals surface area (Å²) >= 11 is 6.41. The number of halogens is 2. The second-order valence-electron chi connectivity index (χ2n) is 6.85. The maximum atomic E-state index is 13.3. The van der Waals surface area contributed by atoms with Crippen molar-refractivity contribution in [2.24, 2.45) is 0 Å². The molecule has 160 valence electrons. The fourth-order valence-electron chi connectivity index (χ4n) is 3.24. The van der Waals surface area contributed by atoms with Gasteiger partial charge in [-0.3, -0.25) is 0 Å². The van der Waals surface area contributed by atoms with Gasteiger partial charge >= 0.3 is 0 Å². The van der Waals surface area contributed by atoms with Crippen LogP contribution in [0.5, 0.6) is 5.75 Å². The Kier molecular flexibility index (Phi) is 6.64. The Morgan fingerprint density at radius 2 is 2.03 bits per heavy atom. The van der Waals surface area contributed by atoms with E-state index in [2.05, 4.69) is 19.9 Å². The van der Waals surface area contributed by atoms with Crippen LogP contribution in [-0.2, 0) is 17.9 Å². The number of fused-ring (bicyclic) bond motifs is 1. The predicted octanol–water partition coefficient (Wildman–Crippen LogP) is 5.58. The van der Waals surface area contributed by atoms with Gasteiger partial charge in [0.2, 0.25) is 0 Å². The fourth-order valence-corrected chi connectivity index (χ4v) is 3.47. The van der Waals surface area contributed by atoms with Crippen LogP contribution < -0.4 is 10.1 Å². The Bertz CT molecular complexity index is 1180. The van der Waals surface area contributed by atoms with Crippen molar-refractivity contribution >= 4 is 34.1 Å². The van der Waals surface area contributed by atoms with Gasteiger partial charge in [0.25, 0.3) is 0 Å². The monoisotopic (exact) mass is 440 g/mol. The second kappa shape index (κ2) is 9.76. The first-order chi connectivity index (χ1) is 15.1. The molecule has 0 aliphatic rings. The average Bonchev–Trinajstić information content (AvgIpc) is 3.18. The van der Waals surface area contributed by atoms with Crippen LogP contribution in [0.1, 0.15) is 12.5 Å². The largest absolute Gasteiger partial charge is 0.487 e. The summed E-state index contributed by atoms with van der Waals surface area (Å²) in [5, 5.41) is 3.75. The molecule has 1 N–H and O–H groups in total. The minimum absolute atomic E-state index is 0.226. The summed E-state index contributed by atoms with van der Waals surface area (Å²) in [6.45, 7) is 4.18. The molecule has 0 spiro atoms. The van der Waals surface area contributed by atoms with Crippen molar-refractivity contribution < 1.29 is 13.9 Å². The van der Waals surface area contributed by atoms with E-state index in [0.29, 0.717) is 36.3 Å². The van der Waals surface area contributed by atoms with E-state index in [4.69, 9.17) is 21.1 Å². The average molecular weight is 441 g/mol. The molecular weight excluding hydrogens is 419 g/mol. The van der Waals surface area contributed by atoms with Crippen LogP contribution in [0.3, 0.4) is 0 Å². The van der Waals surface area contributed by atoms with Crippen molar-refractivity contribution in [1.29, 1.82) is 0 Å². The van der Waals surface area contributed by atoms with Crippen molar-refractivity contribution in [1.82, 2.24) is 14.5 Å². The van der Waals surface area contributed by atoms with Crippen LogP contribution in [-0.4, -0.2) is 27.7 Å². The summed E-state index contributed by atoms with van der Waals surface area (Å²) in [5.74, 6) is 0.898. The Hall–Kier alpha value is -3.16. The van der Waals surface area contributed by atoms with E-state index in [0.717, 1.165) is 22.3 Å². The zero-order chi connectivity index (χ0) is 21.6. The number of hydrogen-bond acceptors (Lipinski definition) is 5. The molecule has 0 amide bonds. The van der Waals surface area contributed by atoms with E-state index < -0.39 is 0 Å². The van der Waals surface area contributed by atoms with Crippen molar-refractivity contribution in [3.8, 4) is 5.75 Å². The van der Waals surface area contributed by atoms with Gasteiger partial charge in [-0.1, -0.05) is 23.7 Å². The highest BCUT2D eigenvalue weighted by Gasteiger charge is 2.11. The lowest BCUT2D eigenvalue weighted by atomic mass is 10.2. The van der Waals surface area contributed by atoms with E-state index in [-0.39, 0.29) is 12.4 Å². The van der Waals surface area contributed by atoms with Crippen molar-refractivity contribution in [3.63, 3.8) is 0 Å². The molecule has 4 rings (SSSR count). The lowest BCUT2D eigenvalue weighted by Crippen LogP contribution is -2.06. The van der Waals surface area contributed by atoms with Gasteiger partial charge < -0.3 is 19.4 Å². The van der Waals surface area contributed by atoms with Crippen LogP contribution >= 0.6 is 11.6 Å². The molecule has 0 saturated carbocycles. The van der Waals surface area contributed by atoms with Crippen molar-refractivity contribution in [3.05, 3.63) is 77.5 Å². The van der Waals surface area contributed by atoms with Crippen LogP contribution in [0.25, 0.3) is 11.0 Å². The lowest BCUT2D eigenvalue weighted by Gasteiger charge is -2.13. The number of ether oxygens (including phenoxy) is 2. The topological polar surface area (TPSA) is 61.2 Å². The number of hydrogen-bond donors (Lipinski definition) is 1. The minimum Gasteiger partial charge on any atom is -0.487 e. The third-order valence-electron chi connectivity index (χ3n) is 4.71. The summed E-state index contributed by atoms with van der Waals surface area (Å²) in [6, 6.07) is 13.6. The lowest BCUT2D eigenvalue weighted by molar-refractivity contribution is 0.140. The van der Waals surface area contributed by atoms with Gasteiger partial charge in [0.05, 0.1) is 17.1 Å². The molecule has 31 heavy (non-hydrogen) atoms. The molecule has 6 nitrogen and oxygen atoms in total. The molecule has 0 unspecified atom stereocenters. The summed E-state index contributed by atoms with van der Waals surface area (Å²) < 4.78 is 26.6. The molecule has 2 heterocycles. The smallest absolute Gasteiger partial charge is 0.158 e. The van der Waals surface area contributed by atoms with Crippen LogP contribution in [0.2, 0.25) is 5.02 Å². The van der Waals surface area contributed by atoms with Crippen molar-refractivity contribution in [2.45, 2.75) is 20.1 Å². The number of rotatable bonds is 9. The normalized spacial score (nSPS) is 11.1. The van der Waals surface area contributed by atoms with Crippen LogP contribution in [0.4, 0.5) is 15.9 Å². The Morgan fingerprint density at radius 1 is 1.13 bits per heavy atom. The molecule has 0 atom stereocenters. The van der Waals surface area contributed by atoms with Crippen LogP contribution in [0.15, 0.2) is 61.1 Å². The SMILES string of the molecule is CCOCCn1ccc2ncnc(Nc3ccc(OCc4cccc(F)c4)c(Cl)c3)c21. The third-order valence-corrected chi connectivity index (χ3v) is 5.00. The number of nitrogens with zero attached hydrogens (tertiary/aromatic N) is 3. The summed E-state index contributed by atoms with van der Waals surface area (Å²) in [6.07, 6.45) is 3.50. The van der Waals surface area contributed by atoms with Gasteiger partial charge in [0, 0.05) is 25.0 Å². The highest BCUT2D eigenvalue weighted by atomic mass is 35.5. The standard InChI is InChI=1S/C23H22ClFN4O2/c1-2-30-11-10-29-9-8-20-22(29)23(27-15-26-20)28-18-6-7-21(19(24)13-18)31-14-16-4-3-5-17(25)12-16/h3-9,12-13,15H,2,10-11,14H2,1H3,(H,26,27,28). The highest BCUT2D eigenvalue weighted by molar-refractivity contribution is 6.32. The molecule has 4 aromatic rings. The quantitative estimate of drug-likeness (QED) is 0.344.